The van der Waals surface area contributed by atoms with E-state index in [2.05, 4.69) is 17.2 Å². The lowest BCUT2D eigenvalue weighted by Crippen LogP contribution is -2.34. The maximum atomic E-state index is 13.4. The van der Waals surface area contributed by atoms with Crippen LogP contribution in [0.1, 0.15) is 18.7 Å². The van der Waals surface area contributed by atoms with Crippen molar-refractivity contribution in [2.24, 2.45) is 0 Å². The van der Waals surface area contributed by atoms with Gasteiger partial charge in [0.25, 0.3) is 11.5 Å². The highest BCUT2D eigenvalue weighted by Crippen LogP contribution is 2.25. The maximum absolute atomic E-state index is 13.4. The quantitative estimate of drug-likeness (QED) is 0.662. The third-order valence-electron chi connectivity index (χ3n) is 5.02. The number of amides is 1. The lowest BCUT2D eigenvalue weighted by atomic mass is 10.1. The van der Waals surface area contributed by atoms with Gasteiger partial charge in [-0.3, -0.25) is 14.2 Å². The molecular weight excluding hydrogens is 398 g/mol. The molecule has 0 unspecified atom stereocenters. The number of para-hydroxylation sites is 1. The highest BCUT2D eigenvalue weighted by atomic mass is 35.5. The van der Waals surface area contributed by atoms with Gasteiger partial charge in [0.2, 0.25) is 0 Å². The minimum atomic E-state index is -0.451. The Kier molecular flexibility index (Phi) is 5.29. The Bertz CT molecular complexity index is 1270. The summed E-state index contributed by atoms with van der Waals surface area (Å²) in [6.45, 7) is 5.71. The second-order valence-corrected chi connectivity index (χ2v) is 7.41. The summed E-state index contributed by atoms with van der Waals surface area (Å²) in [7, 11) is 0. The number of hydrogen-bond acceptors (Lipinski definition) is 3. The number of halogens is 1. The number of nitrogens with one attached hydrogen (secondary N) is 2. The van der Waals surface area contributed by atoms with Gasteiger partial charge in [-0.25, -0.2) is 0 Å². The molecule has 1 amide bonds. The second-order valence-electron chi connectivity index (χ2n) is 7.01. The molecule has 0 saturated carbocycles. The highest BCUT2D eigenvalue weighted by Gasteiger charge is 2.21. The van der Waals surface area contributed by atoms with Gasteiger partial charge in [0.1, 0.15) is 0 Å². The smallest absolute Gasteiger partial charge is 0.264 e. The van der Waals surface area contributed by atoms with Gasteiger partial charge in [-0.1, -0.05) is 48.5 Å². The van der Waals surface area contributed by atoms with E-state index in [4.69, 9.17) is 11.6 Å². The molecule has 0 aliphatic carbocycles. The van der Waals surface area contributed by atoms with Crippen molar-refractivity contribution < 1.29 is 4.79 Å². The summed E-state index contributed by atoms with van der Waals surface area (Å²) in [5, 5.41) is 7.47. The number of rotatable bonds is 4. The molecule has 150 valence electrons. The lowest BCUT2D eigenvalue weighted by molar-refractivity contribution is -0.117. The number of hydrogen-bond donors (Lipinski definition) is 2. The first-order valence-electron chi connectivity index (χ1n) is 9.50. The first kappa shape index (κ1) is 19.7. The predicted octanol–water partition coefficient (Wildman–Crippen LogP) is 4.38. The highest BCUT2D eigenvalue weighted by molar-refractivity contribution is 6.35. The third-order valence-corrected chi connectivity index (χ3v) is 5.33. The molecule has 5 nitrogen and oxygen atoms in total. The summed E-state index contributed by atoms with van der Waals surface area (Å²) in [5.41, 5.74) is 2.09. The SMILES string of the molecule is C=C1NC=CC=C1C(=O)N[C@@H](C)c1cc2cccc(Cl)c2c(=O)n1-c1ccccc1. The Hall–Kier alpha value is -3.57. The normalized spacial score (nSPS) is 14.2. The van der Waals surface area contributed by atoms with Gasteiger partial charge in [-0.15, -0.1) is 0 Å². The minimum Gasteiger partial charge on any atom is -0.362 e. The number of aromatic nitrogens is 1. The van der Waals surface area contributed by atoms with E-state index in [0.29, 0.717) is 33.1 Å². The van der Waals surface area contributed by atoms with Crippen molar-refractivity contribution in [3.05, 3.63) is 112 Å². The number of allylic oxidation sites excluding steroid dienone is 2. The van der Waals surface area contributed by atoms with Crippen molar-refractivity contribution in [3.63, 3.8) is 0 Å². The van der Waals surface area contributed by atoms with Crippen molar-refractivity contribution in [3.8, 4) is 5.69 Å². The van der Waals surface area contributed by atoms with E-state index in [1.165, 1.54) is 0 Å². The first-order valence-corrected chi connectivity index (χ1v) is 9.88. The molecule has 0 radical (unpaired) electrons. The number of fused-ring (bicyclic) bond motifs is 1. The zero-order chi connectivity index (χ0) is 21.3. The maximum Gasteiger partial charge on any atom is 0.264 e. The van der Waals surface area contributed by atoms with Crippen LogP contribution in [0, 0.1) is 0 Å². The fraction of sp³-hybridized carbons (Fsp3) is 0.0833. The molecule has 0 bridgehead atoms. The van der Waals surface area contributed by atoms with Crippen LogP contribution >= 0.6 is 11.6 Å². The van der Waals surface area contributed by atoms with E-state index in [1.54, 1.807) is 35.1 Å². The summed E-state index contributed by atoms with van der Waals surface area (Å²) >= 11 is 6.34. The van der Waals surface area contributed by atoms with E-state index in [9.17, 15) is 9.59 Å². The molecular formula is C24H20ClN3O2. The molecule has 2 heterocycles. The molecule has 1 aliphatic heterocycles. The summed E-state index contributed by atoms with van der Waals surface area (Å²) in [4.78, 5) is 26.3. The molecule has 1 aromatic heterocycles. The Morgan fingerprint density at radius 3 is 2.67 bits per heavy atom. The molecule has 6 heteroatoms. The summed E-state index contributed by atoms with van der Waals surface area (Å²) in [6.07, 6.45) is 5.15. The van der Waals surface area contributed by atoms with Gasteiger partial charge in [-0.05, 0) is 48.7 Å². The van der Waals surface area contributed by atoms with Crippen LogP contribution in [0.5, 0.6) is 0 Å². The standard InChI is InChI=1S/C24H20ClN3O2/c1-15-19(11-7-13-26-15)23(29)27-16(2)21-14-17-8-6-12-20(25)22(17)24(30)28(21)18-9-4-3-5-10-18/h3-14,16,26H,1H2,2H3,(H,27,29)/t16-/m0/s1. The van der Waals surface area contributed by atoms with Crippen molar-refractivity contribution in [2.45, 2.75) is 13.0 Å². The van der Waals surface area contributed by atoms with E-state index >= 15 is 0 Å². The zero-order valence-corrected chi connectivity index (χ0v) is 17.1. The molecule has 0 spiro atoms. The van der Waals surface area contributed by atoms with Crippen molar-refractivity contribution in [1.82, 2.24) is 15.2 Å². The molecule has 4 rings (SSSR count). The molecule has 2 N–H and O–H groups in total. The largest absolute Gasteiger partial charge is 0.362 e. The molecule has 1 aliphatic rings. The number of pyridine rings is 1. The number of dihydropyridines is 1. The average Bonchev–Trinajstić information content (AvgIpc) is 2.74. The Labute approximate surface area is 179 Å². The number of carbonyl (C=O) groups is 1. The summed E-state index contributed by atoms with van der Waals surface area (Å²) < 4.78 is 1.60. The topological polar surface area (TPSA) is 63.1 Å². The zero-order valence-electron chi connectivity index (χ0n) is 16.4. The van der Waals surface area contributed by atoms with Crippen LogP contribution in [-0.2, 0) is 4.79 Å². The van der Waals surface area contributed by atoms with E-state index in [1.807, 2.05) is 49.4 Å². The van der Waals surface area contributed by atoms with Crippen molar-refractivity contribution >= 4 is 28.3 Å². The molecule has 1 atom stereocenters. The third kappa shape index (κ3) is 3.55. The molecule has 3 aromatic rings. The molecule has 0 fully saturated rings. The second kappa shape index (κ2) is 8.05. The van der Waals surface area contributed by atoms with Crippen LogP contribution in [-0.4, -0.2) is 10.5 Å². The van der Waals surface area contributed by atoms with Crippen LogP contribution in [0.3, 0.4) is 0 Å². The number of carbonyl (C=O) groups excluding carboxylic acids is 1. The van der Waals surface area contributed by atoms with Gasteiger partial charge in [0.05, 0.1) is 22.0 Å². The Balaban J connectivity index is 1.84. The number of nitrogens with zero attached hydrogens (tertiary/aromatic N) is 1. The van der Waals surface area contributed by atoms with Crippen molar-refractivity contribution in [2.75, 3.05) is 0 Å². The predicted molar refractivity (Wildman–Crippen MR) is 121 cm³/mol. The van der Waals surface area contributed by atoms with Crippen LogP contribution in [0.15, 0.2) is 95.6 Å². The Morgan fingerprint density at radius 1 is 1.17 bits per heavy atom. The van der Waals surface area contributed by atoms with Gasteiger partial charge in [0, 0.05) is 23.3 Å². The van der Waals surface area contributed by atoms with Crippen LogP contribution in [0.2, 0.25) is 5.02 Å². The van der Waals surface area contributed by atoms with Crippen LogP contribution in [0.4, 0.5) is 0 Å². The van der Waals surface area contributed by atoms with Crippen LogP contribution in [0.25, 0.3) is 16.5 Å². The van der Waals surface area contributed by atoms with E-state index in [-0.39, 0.29) is 11.5 Å². The fourth-order valence-electron chi connectivity index (χ4n) is 3.53. The van der Waals surface area contributed by atoms with E-state index in [0.717, 1.165) is 5.39 Å². The van der Waals surface area contributed by atoms with Crippen LogP contribution < -0.4 is 16.2 Å². The first-order chi connectivity index (χ1) is 14.5. The monoisotopic (exact) mass is 417 g/mol. The van der Waals surface area contributed by atoms with Gasteiger partial charge in [0.15, 0.2) is 0 Å². The summed E-state index contributed by atoms with van der Waals surface area (Å²) in [5.74, 6) is -0.275. The van der Waals surface area contributed by atoms with Gasteiger partial charge in [-0.2, -0.15) is 0 Å². The molecule has 30 heavy (non-hydrogen) atoms. The minimum absolute atomic E-state index is 0.230. The molecule has 0 saturated heterocycles. The average molecular weight is 418 g/mol. The fourth-order valence-corrected chi connectivity index (χ4v) is 3.80. The molecule has 2 aromatic carbocycles. The van der Waals surface area contributed by atoms with Gasteiger partial charge < -0.3 is 10.6 Å². The van der Waals surface area contributed by atoms with Gasteiger partial charge >= 0.3 is 0 Å². The van der Waals surface area contributed by atoms with Crippen molar-refractivity contribution in [1.29, 1.82) is 0 Å². The Morgan fingerprint density at radius 2 is 1.93 bits per heavy atom. The van der Waals surface area contributed by atoms with E-state index < -0.39 is 6.04 Å². The summed E-state index contributed by atoms with van der Waals surface area (Å²) in [6, 6.07) is 16.1. The number of benzene rings is 2. The lowest BCUT2D eigenvalue weighted by Gasteiger charge is -2.22.